The van der Waals surface area contributed by atoms with Crippen molar-refractivity contribution in [1.29, 1.82) is 10.8 Å². The Kier molecular flexibility index (Phi) is 7.06. The van der Waals surface area contributed by atoms with Crippen LogP contribution in [-0.2, 0) is 22.5 Å². The Balaban J connectivity index is 1.87. The summed E-state index contributed by atoms with van der Waals surface area (Å²) >= 11 is 0. The molecular formula is C28H27N5O4. The zero-order valence-electron chi connectivity index (χ0n) is 20.5. The number of hydrogen-bond donors (Lipinski definition) is 4. The van der Waals surface area contributed by atoms with Crippen LogP contribution in [0.25, 0.3) is 10.9 Å². The molecule has 0 fully saturated rings. The van der Waals surface area contributed by atoms with E-state index >= 15 is 0 Å². The number of pyridine rings is 1. The molecule has 0 spiro atoms. The summed E-state index contributed by atoms with van der Waals surface area (Å²) in [6, 6.07) is 19.4. The first kappa shape index (κ1) is 25.2. The lowest BCUT2D eigenvalue weighted by molar-refractivity contribution is -0.139. The fourth-order valence-corrected chi connectivity index (χ4v) is 4.18. The van der Waals surface area contributed by atoms with Crippen LogP contribution in [0.1, 0.15) is 27.8 Å². The quantitative estimate of drug-likeness (QED) is 0.166. The molecule has 0 saturated carbocycles. The molecule has 0 unspecified atom stereocenters. The van der Waals surface area contributed by atoms with Crippen molar-refractivity contribution < 1.29 is 14.3 Å². The first-order chi connectivity index (χ1) is 17.7. The maximum absolute atomic E-state index is 13.7. The van der Waals surface area contributed by atoms with Crippen molar-refractivity contribution in [2.75, 3.05) is 7.11 Å². The number of aryl methyl sites for hydroxylation is 1. The molecule has 4 rings (SSSR count). The average molecular weight is 498 g/mol. The second kappa shape index (κ2) is 10.4. The molecule has 0 amide bonds. The molecule has 188 valence electrons. The number of amidine groups is 2. The van der Waals surface area contributed by atoms with E-state index < -0.39 is 5.97 Å². The number of nitrogens with zero attached hydrogens (tertiary/aromatic N) is 1. The molecule has 0 aliphatic carbocycles. The van der Waals surface area contributed by atoms with Crippen LogP contribution in [0.3, 0.4) is 0 Å². The summed E-state index contributed by atoms with van der Waals surface area (Å²) in [4.78, 5) is 25.8. The lowest BCUT2D eigenvalue weighted by Gasteiger charge is -2.17. The standard InChI is InChI=1S/C28H27N5O4/c1-16-22-10-9-21(37-20-8-4-7-19(12-20)27(31)32)13-24(22)33(28(35)23(16)14-25(34)36-2)15-17-5-3-6-18(11-17)26(29)30/h3-13H,14-15H2,1-2H3,(H3,29,30)(H3,31,32). The van der Waals surface area contributed by atoms with Gasteiger partial charge in [-0.25, -0.2) is 0 Å². The van der Waals surface area contributed by atoms with E-state index in [1.807, 2.05) is 12.1 Å². The van der Waals surface area contributed by atoms with Crippen LogP contribution >= 0.6 is 0 Å². The summed E-state index contributed by atoms with van der Waals surface area (Å²) in [6.45, 7) is 1.99. The van der Waals surface area contributed by atoms with E-state index in [4.69, 9.17) is 31.8 Å². The molecule has 0 aliphatic heterocycles. The topological polar surface area (TPSA) is 157 Å². The molecular weight excluding hydrogens is 470 g/mol. The predicted molar refractivity (Wildman–Crippen MR) is 143 cm³/mol. The number of carbonyl (C=O) groups is 1. The lowest BCUT2D eigenvalue weighted by Crippen LogP contribution is -2.28. The van der Waals surface area contributed by atoms with Crippen molar-refractivity contribution in [3.8, 4) is 11.5 Å². The molecule has 0 aliphatic rings. The Morgan fingerprint density at radius 3 is 2.24 bits per heavy atom. The highest BCUT2D eigenvalue weighted by Gasteiger charge is 2.18. The van der Waals surface area contributed by atoms with Crippen LogP contribution in [0, 0.1) is 17.7 Å². The summed E-state index contributed by atoms with van der Waals surface area (Å²) in [5.74, 6) is 0.334. The molecule has 6 N–H and O–H groups in total. The fraction of sp³-hybridized carbons (Fsp3) is 0.143. The third-order valence-electron chi connectivity index (χ3n) is 6.13. The Labute approximate surface area is 213 Å². The van der Waals surface area contributed by atoms with Crippen LogP contribution in [-0.4, -0.2) is 29.3 Å². The molecule has 0 atom stereocenters. The van der Waals surface area contributed by atoms with Crippen LogP contribution in [0.5, 0.6) is 11.5 Å². The molecule has 0 radical (unpaired) electrons. The maximum Gasteiger partial charge on any atom is 0.310 e. The summed E-state index contributed by atoms with van der Waals surface area (Å²) < 4.78 is 12.4. The summed E-state index contributed by atoms with van der Waals surface area (Å²) in [7, 11) is 1.29. The van der Waals surface area contributed by atoms with E-state index in [-0.39, 0.29) is 30.2 Å². The molecule has 9 heteroatoms. The van der Waals surface area contributed by atoms with E-state index in [0.717, 1.165) is 10.9 Å². The number of nitrogens with two attached hydrogens (primary N) is 2. The molecule has 4 aromatic rings. The Hall–Kier alpha value is -4.92. The molecule has 9 nitrogen and oxygen atoms in total. The van der Waals surface area contributed by atoms with E-state index in [9.17, 15) is 9.59 Å². The number of rotatable bonds is 8. The van der Waals surface area contributed by atoms with Gasteiger partial charge in [-0.1, -0.05) is 30.3 Å². The van der Waals surface area contributed by atoms with E-state index in [1.165, 1.54) is 7.11 Å². The van der Waals surface area contributed by atoms with Gasteiger partial charge in [-0.05, 0) is 48.4 Å². The second-order valence-corrected chi connectivity index (χ2v) is 8.58. The van der Waals surface area contributed by atoms with Crippen molar-refractivity contribution >= 4 is 28.5 Å². The number of hydrogen-bond acceptors (Lipinski definition) is 6. The van der Waals surface area contributed by atoms with Crippen molar-refractivity contribution in [1.82, 2.24) is 4.57 Å². The number of benzene rings is 3. The highest BCUT2D eigenvalue weighted by molar-refractivity contribution is 5.95. The first-order valence-corrected chi connectivity index (χ1v) is 11.5. The smallest absolute Gasteiger partial charge is 0.310 e. The fourth-order valence-electron chi connectivity index (χ4n) is 4.18. The highest BCUT2D eigenvalue weighted by atomic mass is 16.5. The van der Waals surface area contributed by atoms with Gasteiger partial charge in [0.2, 0.25) is 0 Å². The van der Waals surface area contributed by atoms with Crippen LogP contribution in [0.2, 0.25) is 0 Å². The van der Waals surface area contributed by atoms with Gasteiger partial charge in [0, 0.05) is 28.1 Å². The van der Waals surface area contributed by atoms with Gasteiger partial charge >= 0.3 is 5.97 Å². The number of nitrogen functional groups attached to an aromatic ring is 2. The third-order valence-corrected chi connectivity index (χ3v) is 6.13. The van der Waals surface area contributed by atoms with Gasteiger partial charge < -0.3 is 25.5 Å². The SMILES string of the molecule is COC(=O)Cc1c(C)c2ccc(Oc3cccc(C(=N)N)c3)cc2n(Cc2cccc(C(=N)N)c2)c1=O. The number of methoxy groups -OCH3 is 1. The zero-order valence-corrected chi connectivity index (χ0v) is 20.5. The average Bonchev–Trinajstić information content (AvgIpc) is 2.89. The predicted octanol–water partition coefficient (Wildman–Crippen LogP) is 3.43. The van der Waals surface area contributed by atoms with Gasteiger partial charge in [0.15, 0.2) is 0 Å². The normalized spacial score (nSPS) is 10.8. The Morgan fingerprint density at radius 2 is 1.57 bits per heavy atom. The molecule has 0 saturated heterocycles. The number of fused-ring (bicyclic) bond motifs is 1. The Bertz CT molecular complexity index is 1610. The summed E-state index contributed by atoms with van der Waals surface area (Å²) in [6.07, 6.45) is -0.152. The minimum Gasteiger partial charge on any atom is -0.469 e. The zero-order chi connectivity index (χ0) is 26.7. The Morgan fingerprint density at radius 1 is 0.919 bits per heavy atom. The van der Waals surface area contributed by atoms with Gasteiger partial charge in [0.25, 0.3) is 5.56 Å². The van der Waals surface area contributed by atoms with Gasteiger partial charge in [-0.2, -0.15) is 0 Å². The van der Waals surface area contributed by atoms with E-state index in [1.54, 1.807) is 66.1 Å². The number of aromatic nitrogens is 1. The minimum atomic E-state index is -0.505. The second-order valence-electron chi connectivity index (χ2n) is 8.58. The van der Waals surface area contributed by atoms with Crippen molar-refractivity contribution in [2.45, 2.75) is 19.9 Å². The molecule has 37 heavy (non-hydrogen) atoms. The van der Waals surface area contributed by atoms with Gasteiger partial charge in [-0.15, -0.1) is 0 Å². The van der Waals surface area contributed by atoms with Gasteiger partial charge in [0.05, 0.1) is 25.6 Å². The monoisotopic (exact) mass is 497 g/mol. The molecule has 1 heterocycles. The number of nitrogens with one attached hydrogen (secondary N) is 2. The van der Waals surface area contributed by atoms with Crippen LogP contribution < -0.4 is 21.8 Å². The van der Waals surface area contributed by atoms with E-state index in [0.29, 0.717) is 39.3 Å². The maximum atomic E-state index is 13.7. The number of carbonyl (C=O) groups excluding carboxylic acids is 1. The largest absolute Gasteiger partial charge is 0.469 e. The lowest BCUT2D eigenvalue weighted by atomic mass is 10.0. The van der Waals surface area contributed by atoms with Crippen molar-refractivity contribution in [2.24, 2.45) is 11.5 Å². The van der Waals surface area contributed by atoms with Crippen LogP contribution in [0.15, 0.2) is 71.5 Å². The summed E-state index contributed by atoms with van der Waals surface area (Å²) in [5.41, 5.74) is 14.4. The molecule has 0 bridgehead atoms. The van der Waals surface area contributed by atoms with E-state index in [2.05, 4.69) is 0 Å². The molecule has 1 aromatic heterocycles. The van der Waals surface area contributed by atoms with Crippen molar-refractivity contribution in [3.05, 3.63) is 105 Å². The number of esters is 1. The van der Waals surface area contributed by atoms with Crippen molar-refractivity contribution in [3.63, 3.8) is 0 Å². The number of ether oxygens (including phenoxy) is 2. The highest BCUT2D eigenvalue weighted by Crippen LogP contribution is 2.29. The van der Waals surface area contributed by atoms with Gasteiger partial charge in [-0.3, -0.25) is 20.4 Å². The minimum absolute atomic E-state index is 0.0700. The van der Waals surface area contributed by atoms with Crippen LogP contribution in [0.4, 0.5) is 0 Å². The molecule has 3 aromatic carbocycles. The third kappa shape index (κ3) is 5.35. The summed E-state index contributed by atoms with van der Waals surface area (Å²) in [5, 5.41) is 16.2. The van der Waals surface area contributed by atoms with Gasteiger partial charge in [0.1, 0.15) is 23.2 Å². The first-order valence-electron chi connectivity index (χ1n) is 11.5.